The third-order valence-electron chi connectivity index (χ3n) is 6.17. The molecule has 0 spiro atoms. The summed E-state index contributed by atoms with van der Waals surface area (Å²) >= 11 is 0. The van der Waals surface area contributed by atoms with Gasteiger partial charge in [-0.25, -0.2) is 13.4 Å². The van der Waals surface area contributed by atoms with Crippen molar-refractivity contribution in [2.45, 2.75) is 32.2 Å². The number of anilines is 2. The van der Waals surface area contributed by atoms with Crippen molar-refractivity contribution in [3.8, 4) is 0 Å². The van der Waals surface area contributed by atoms with Crippen LogP contribution in [0.3, 0.4) is 0 Å². The predicted octanol–water partition coefficient (Wildman–Crippen LogP) is 0.851. The van der Waals surface area contributed by atoms with Gasteiger partial charge in [-0.05, 0) is 44.2 Å². The van der Waals surface area contributed by atoms with E-state index in [9.17, 15) is 18.0 Å². The molecule has 1 unspecified atom stereocenters. The first kappa shape index (κ1) is 21.8. The minimum atomic E-state index is -3.15. The monoisotopic (exact) mass is 447 g/mol. The number of rotatable bonds is 4. The van der Waals surface area contributed by atoms with Gasteiger partial charge in [0.1, 0.15) is 5.71 Å². The number of likely N-dealkylation sites (N-methyl/N-ethyl adjacent to an activating group) is 1. The summed E-state index contributed by atoms with van der Waals surface area (Å²) in [5.74, 6) is -0.627. The number of hydrogen-bond donors (Lipinski definition) is 1. The summed E-state index contributed by atoms with van der Waals surface area (Å²) in [5.41, 5.74) is 3.18. The highest BCUT2D eigenvalue weighted by Gasteiger charge is 2.37. The van der Waals surface area contributed by atoms with Gasteiger partial charge in [-0.1, -0.05) is 0 Å². The van der Waals surface area contributed by atoms with E-state index in [4.69, 9.17) is 0 Å². The van der Waals surface area contributed by atoms with Crippen molar-refractivity contribution in [2.24, 2.45) is 5.10 Å². The molecule has 10 heteroatoms. The summed E-state index contributed by atoms with van der Waals surface area (Å²) < 4.78 is 23.5. The molecule has 1 aromatic rings. The molecular weight excluding hydrogens is 418 g/mol. The van der Waals surface area contributed by atoms with Gasteiger partial charge in [-0.3, -0.25) is 9.59 Å². The summed E-state index contributed by atoms with van der Waals surface area (Å²) in [6, 6.07) is 5.37. The first-order chi connectivity index (χ1) is 14.7. The van der Waals surface area contributed by atoms with Crippen LogP contribution in [0.1, 0.15) is 24.8 Å². The standard InChI is InChI=1S/C21H29N5O4S/c1-15-13-16(3-5-19(15)25-10-8-24(2)9-11-25)22-21(28)18-4-6-20(27)26(23-18)17-7-12-31(29,30)14-17/h3,5,13,17H,4,6-12,14H2,1-2H3,(H,22,28). The van der Waals surface area contributed by atoms with Gasteiger partial charge in [0.15, 0.2) is 9.84 Å². The fourth-order valence-corrected chi connectivity index (χ4v) is 6.02. The van der Waals surface area contributed by atoms with Gasteiger partial charge in [0, 0.05) is 50.4 Å². The van der Waals surface area contributed by atoms with Gasteiger partial charge in [0.2, 0.25) is 5.91 Å². The van der Waals surface area contributed by atoms with Gasteiger partial charge in [0.05, 0.1) is 17.5 Å². The number of carbonyl (C=O) groups is 2. The van der Waals surface area contributed by atoms with Gasteiger partial charge in [-0.15, -0.1) is 0 Å². The van der Waals surface area contributed by atoms with E-state index in [1.807, 2.05) is 25.1 Å². The lowest BCUT2D eigenvalue weighted by atomic mass is 10.1. The van der Waals surface area contributed by atoms with E-state index in [1.165, 1.54) is 10.7 Å². The number of hydrazone groups is 1. The van der Waals surface area contributed by atoms with Crippen LogP contribution in [0.4, 0.5) is 11.4 Å². The highest BCUT2D eigenvalue weighted by atomic mass is 32.2. The first-order valence-corrected chi connectivity index (χ1v) is 12.5. The van der Waals surface area contributed by atoms with Crippen molar-refractivity contribution >= 4 is 38.7 Å². The van der Waals surface area contributed by atoms with Gasteiger partial charge in [0.25, 0.3) is 5.91 Å². The molecule has 0 aliphatic carbocycles. The molecule has 0 radical (unpaired) electrons. The first-order valence-electron chi connectivity index (χ1n) is 10.7. The summed E-state index contributed by atoms with van der Waals surface area (Å²) in [7, 11) is -1.02. The Balaban J connectivity index is 1.44. The quantitative estimate of drug-likeness (QED) is 0.734. The summed E-state index contributed by atoms with van der Waals surface area (Å²) in [6.07, 6.45) is 0.766. The van der Waals surface area contributed by atoms with Crippen molar-refractivity contribution in [3.63, 3.8) is 0 Å². The molecule has 3 aliphatic heterocycles. The smallest absolute Gasteiger partial charge is 0.271 e. The molecule has 0 saturated carbocycles. The Morgan fingerprint density at radius 2 is 1.90 bits per heavy atom. The molecule has 3 heterocycles. The third-order valence-corrected chi connectivity index (χ3v) is 7.92. The van der Waals surface area contributed by atoms with Crippen LogP contribution < -0.4 is 10.2 Å². The zero-order valence-electron chi connectivity index (χ0n) is 18.0. The van der Waals surface area contributed by atoms with Crippen molar-refractivity contribution < 1.29 is 18.0 Å². The molecule has 1 atom stereocenters. The van der Waals surface area contributed by atoms with E-state index in [0.717, 1.165) is 31.7 Å². The maximum absolute atomic E-state index is 12.8. The topological polar surface area (TPSA) is 102 Å². The van der Waals surface area contributed by atoms with Crippen LogP contribution in [0.15, 0.2) is 23.3 Å². The minimum absolute atomic E-state index is 0.0530. The number of hydrogen-bond acceptors (Lipinski definition) is 7. The van der Waals surface area contributed by atoms with Gasteiger partial charge in [-0.2, -0.15) is 5.10 Å². The molecule has 31 heavy (non-hydrogen) atoms. The zero-order chi connectivity index (χ0) is 22.2. The van der Waals surface area contributed by atoms with Crippen LogP contribution in [-0.2, 0) is 19.4 Å². The van der Waals surface area contributed by atoms with E-state index >= 15 is 0 Å². The molecule has 0 aromatic heterocycles. The van der Waals surface area contributed by atoms with Crippen LogP contribution in [0.5, 0.6) is 0 Å². The zero-order valence-corrected chi connectivity index (χ0v) is 18.8. The Hall–Kier alpha value is -2.46. The molecule has 1 N–H and O–H groups in total. The van der Waals surface area contributed by atoms with E-state index in [2.05, 4.69) is 27.3 Å². The molecule has 9 nitrogen and oxygen atoms in total. The number of nitrogens with one attached hydrogen (secondary N) is 1. The number of aryl methyl sites for hydroxylation is 1. The number of amides is 2. The molecule has 0 bridgehead atoms. The third kappa shape index (κ3) is 4.90. The maximum atomic E-state index is 12.8. The Labute approximate surface area is 183 Å². The number of piperazine rings is 1. The Morgan fingerprint density at radius 1 is 1.16 bits per heavy atom. The summed E-state index contributed by atoms with van der Waals surface area (Å²) in [5, 5.41) is 8.33. The van der Waals surface area contributed by atoms with E-state index in [-0.39, 0.29) is 41.9 Å². The van der Waals surface area contributed by atoms with Crippen molar-refractivity contribution in [1.29, 1.82) is 0 Å². The molecule has 168 valence electrons. The second-order valence-corrected chi connectivity index (χ2v) is 10.8. The highest BCUT2D eigenvalue weighted by molar-refractivity contribution is 7.91. The number of sulfone groups is 1. The summed E-state index contributed by atoms with van der Waals surface area (Å²) in [6.45, 7) is 6.02. The van der Waals surface area contributed by atoms with Gasteiger partial charge >= 0.3 is 0 Å². The molecule has 2 fully saturated rings. The molecule has 2 saturated heterocycles. The lowest BCUT2D eigenvalue weighted by Gasteiger charge is -2.35. The fraction of sp³-hybridized carbons (Fsp3) is 0.571. The molecular formula is C21H29N5O4S. The Kier molecular flexibility index (Phi) is 6.02. The summed E-state index contributed by atoms with van der Waals surface area (Å²) in [4.78, 5) is 29.7. The molecule has 2 amide bonds. The Bertz CT molecular complexity index is 1010. The number of nitrogens with zero attached hydrogens (tertiary/aromatic N) is 4. The van der Waals surface area contributed by atoms with E-state index < -0.39 is 15.9 Å². The number of carbonyl (C=O) groups excluding carboxylic acids is 2. The molecule has 1 aromatic carbocycles. The second kappa shape index (κ2) is 8.58. The van der Waals surface area contributed by atoms with Crippen LogP contribution in [0, 0.1) is 6.92 Å². The Morgan fingerprint density at radius 3 is 2.55 bits per heavy atom. The van der Waals surface area contributed by atoms with Crippen molar-refractivity contribution in [2.75, 3.05) is 54.9 Å². The normalized spacial score (nSPS) is 24.3. The van der Waals surface area contributed by atoms with Crippen LogP contribution in [0.25, 0.3) is 0 Å². The highest BCUT2D eigenvalue weighted by Crippen LogP contribution is 2.26. The lowest BCUT2D eigenvalue weighted by Crippen LogP contribution is -2.44. The average Bonchev–Trinajstić information content (AvgIpc) is 3.09. The fourth-order valence-electron chi connectivity index (χ4n) is 4.33. The van der Waals surface area contributed by atoms with Crippen LogP contribution >= 0.6 is 0 Å². The molecule has 4 rings (SSSR count). The second-order valence-electron chi connectivity index (χ2n) is 8.59. The number of benzene rings is 1. The van der Waals surface area contributed by atoms with Crippen LogP contribution in [0.2, 0.25) is 0 Å². The van der Waals surface area contributed by atoms with Crippen molar-refractivity contribution in [3.05, 3.63) is 23.8 Å². The van der Waals surface area contributed by atoms with E-state index in [0.29, 0.717) is 12.1 Å². The maximum Gasteiger partial charge on any atom is 0.271 e. The van der Waals surface area contributed by atoms with Crippen molar-refractivity contribution in [1.82, 2.24) is 9.91 Å². The van der Waals surface area contributed by atoms with Crippen LogP contribution in [-0.4, -0.2) is 86.6 Å². The van der Waals surface area contributed by atoms with E-state index in [1.54, 1.807) is 0 Å². The largest absolute Gasteiger partial charge is 0.369 e. The molecule has 3 aliphatic rings. The minimum Gasteiger partial charge on any atom is -0.369 e. The SMILES string of the molecule is Cc1cc(NC(=O)C2=NN(C3CCS(=O)(=O)C3)C(=O)CC2)ccc1N1CCN(C)CC1. The predicted molar refractivity (Wildman–Crippen MR) is 120 cm³/mol. The average molecular weight is 448 g/mol. The lowest BCUT2D eigenvalue weighted by molar-refractivity contribution is -0.133. The van der Waals surface area contributed by atoms with Gasteiger partial charge < -0.3 is 15.1 Å².